The molecule has 2 saturated heterocycles. The van der Waals surface area contributed by atoms with Gasteiger partial charge in [0.25, 0.3) is 0 Å². The van der Waals surface area contributed by atoms with Gasteiger partial charge in [0, 0.05) is 32.8 Å². The number of hydrogen-bond donors (Lipinski definition) is 0. The number of carbonyl (C=O) groups excluding carboxylic acids is 1. The summed E-state index contributed by atoms with van der Waals surface area (Å²) in [6.45, 7) is 3.78. The third-order valence-electron chi connectivity index (χ3n) is 8.19. The Morgan fingerprint density at radius 1 is 1.16 bits per heavy atom. The summed E-state index contributed by atoms with van der Waals surface area (Å²) in [6.07, 6.45) is 9.83. The second-order valence-corrected chi connectivity index (χ2v) is 11.0. The molecule has 7 nitrogen and oxygen atoms in total. The first kappa shape index (κ1) is 26.2. The zero-order valence-corrected chi connectivity index (χ0v) is 22.2. The van der Waals surface area contributed by atoms with Crippen molar-refractivity contribution in [2.75, 3.05) is 44.9 Å². The van der Waals surface area contributed by atoms with Gasteiger partial charge in [-0.15, -0.1) is 0 Å². The summed E-state index contributed by atoms with van der Waals surface area (Å²) in [6, 6.07) is 4.97. The first-order chi connectivity index (χ1) is 18.0. The molecule has 37 heavy (non-hydrogen) atoms. The number of hydrogen-bond acceptors (Lipinski definition) is 6. The number of piperidine rings is 1. The summed E-state index contributed by atoms with van der Waals surface area (Å²) in [5.74, 6) is 3.05. The van der Waals surface area contributed by atoms with E-state index in [9.17, 15) is 9.18 Å². The third kappa shape index (κ3) is 6.52. The van der Waals surface area contributed by atoms with Crippen LogP contribution >= 0.6 is 11.6 Å². The second kappa shape index (κ2) is 11.9. The van der Waals surface area contributed by atoms with E-state index < -0.39 is 0 Å². The van der Waals surface area contributed by atoms with Gasteiger partial charge < -0.3 is 19.3 Å². The molecule has 200 valence electrons. The first-order valence-corrected chi connectivity index (χ1v) is 13.8. The lowest BCUT2D eigenvalue weighted by molar-refractivity contribution is -0.132. The minimum atomic E-state index is -0.380. The van der Waals surface area contributed by atoms with E-state index in [-0.39, 0.29) is 24.2 Å². The van der Waals surface area contributed by atoms with Crippen molar-refractivity contribution in [1.29, 1.82) is 0 Å². The number of methoxy groups -OCH3 is 1. The Morgan fingerprint density at radius 2 is 1.95 bits per heavy atom. The van der Waals surface area contributed by atoms with Crippen LogP contribution < -0.4 is 9.64 Å². The van der Waals surface area contributed by atoms with Gasteiger partial charge in [-0.05, 0) is 67.9 Å². The predicted octanol–water partition coefficient (Wildman–Crippen LogP) is 4.77. The molecule has 0 N–H and O–H groups in total. The average Bonchev–Trinajstić information content (AvgIpc) is 3.52. The van der Waals surface area contributed by atoms with Gasteiger partial charge in [0.2, 0.25) is 11.9 Å². The fraction of sp³-hybridized carbons (Fsp3) is 0.607. The first-order valence-electron chi connectivity index (χ1n) is 13.4. The van der Waals surface area contributed by atoms with Gasteiger partial charge in [-0.2, -0.15) is 0 Å². The molecule has 3 aliphatic rings. The fourth-order valence-corrected chi connectivity index (χ4v) is 6.16. The molecule has 0 bridgehead atoms. The number of aromatic nitrogens is 2. The minimum Gasteiger partial charge on any atom is -0.493 e. The number of anilines is 1. The monoisotopic (exact) mass is 530 g/mol. The van der Waals surface area contributed by atoms with Crippen LogP contribution in [0, 0.1) is 23.6 Å². The van der Waals surface area contributed by atoms with Gasteiger partial charge in [-0.1, -0.05) is 17.7 Å². The summed E-state index contributed by atoms with van der Waals surface area (Å²) in [5, 5.41) is 0.560. The number of benzene rings is 1. The van der Waals surface area contributed by atoms with Gasteiger partial charge in [0.15, 0.2) is 0 Å². The van der Waals surface area contributed by atoms with Crippen LogP contribution in [0.1, 0.15) is 44.1 Å². The summed E-state index contributed by atoms with van der Waals surface area (Å²) in [4.78, 5) is 25.5. The highest BCUT2D eigenvalue weighted by Gasteiger charge is 2.43. The Balaban J connectivity index is 1.02. The molecule has 1 saturated carbocycles. The Bertz CT molecular complexity index is 1060. The highest BCUT2D eigenvalue weighted by molar-refractivity contribution is 6.30. The Kier molecular flexibility index (Phi) is 8.45. The molecule has 3 atom stereocenters. The second-order valence-electron chi connectivity index (χ2n) is 10.6. The maximum Gasteiger partial charge on any atom is 0.227 e. The van der Waals surface area contributed by atoms with E-state index in [4.69, 9.17) is 21.1 Å². The molecule has 3 heterocycles. The molecule has 9 heteroatoms. The number of ether oxygens (including phenoxy) is 2. The lowest BCUT2D eigenvalue weighted by Gasteiger charge is -2.32. The van der Waals surface area contributed by atoms with Gasteiger partial charge in [0.05, 0.1) is 43.1 Å². The zero-order valence-electron chi connectivity index (χ0n) is 21.5. The Labute approximate surface area is 223 Å². The van der Waals surface area contributed by atoms with Crippen LogP contribution in [0.15, 0.2) is 30.6 Å². The van der Waals surface area contributed by atoms with Crippen molar-refractivity contribution in [1.82, 2.24) is 14.9 Å². The van der Waals surface area contributed by atoms with Crippen LogP contribution in [-0.4, -0.2) is 66.8 Å². The molecule has 2 aromatic rings. The SMILES string of the molecule is COCC1CCCN1C(=O)Cc1ccc(OCCC2CC2C2CCN(c3ncc(Cl)cn3)CC2)cc1F. The van der Waals surface area contributed by atoms with E-state index in [0.29, 0.717) is 42.0 Å². The Morgan fingerprint density at radius 3 is 2.68 bits per heavy atom. The maximum absolute atomic E-state index is 14.7. The van der Waals surface area contributed by atoms with Crippen LogP contribution in [0.2, 0.25) is 5.02 Å². The highest BCUT2D eigenvalue weighted by atomic mass is 35.5. The largest absolute Gasteiger partial charge is 0.493 e. The maximum atomic E-state index is 14.7. The van der Waals surface area contributed by atoms with Crippen LogP contribution in [0.3, 0.4) is 0 Å². The number of carbonyl (C=O) groups is 1. The van der Waals surface area contributed by atoms with E-state index in [2.05, 4.69) is 14.9 Å². The van der Waals surface area contributed by atoms with Crippen molar-refractivity contribution in [3.8, 4) is 5.75 Å². The number of nitrogens with zero attached hydrogens (tertiary/aromatic N) is 4. The molecule has 1 amide bonds. The van der Waals surface area contributed by atoms with Crippen LogP contribution in [0.5, 0.6) is 5.75 Å². The standard InChI is InChI=1S/C28H36ClFN4O3/c1-36-18-23-3-2-9-34(23)27(35)14-21-4-5-24(15-26(21)30)37-12-8-20-13-25(20)19-6-10-33(11-7-19)28-31-16-22(29)17-32-28/h4-5,15-17,19-20,23,25H,2-3,6-14,18H2,1H3. The Hall–Kier alpha value is -2.45. The quantitative estimate of drug-likeness (QED) is 0.441. The number of amides is 1. The number of halogens is 2. The summed E-state index contributed by atoms with van der Waals surface area (Å²) in [7, 11) is 1.64. The molecular formula is C28H36ClFN4O3. The van der Waals surface area contributed by atoms with Crippen molar-refractivity contribution in [3.63, 3.8) is 0 Å². The van der Waals surface area contributed by atoms with E-state index in [1.165, 1.54) is 12.5 Å². The topological polar surface area (TPSA) is 67.8 Å². The molecule has 1 aromatic carbocycles. The van der Waals surface area contributed by atoms with E-state index in [0.717, 1.165) is 63.0 Å². The highest BCUT2D eigenvalue weighted by Crippen LogP contribution is 2.49. The van der Waals surface area contributed by atoms with Crippen molar-refractivity contribution < 1.29 is 18.7 Å². The molecule has 3 fully saturated rings. The van der Waals surface area contributed by atoms with Crippen molar-refractivity contribution in [2.24, 2.45) is 17.8 Å². The van der Waals surface area contributed by atoms with Gasteiger partial charge in [0.1, 0.15) is 11.6 Å². The van der Waals surface area contributed by atoms with Crippen molar-refractivity contribution in [3.05, 3.63) is 47.0 Å². The lowest BCUT2D eigenvalue weighted by atomic mass is 9.90. The van der Waals surface area contributed by atoms with Crippen molar-refractivity contribution in [2.45, 2.75) is 51.0 Å². The summed E-state index contributed by atoms with van der Waals surface area (Å²) in [5.41, 5.74) is 0.415. The zero-order chi connectivity index (χ0) is 25.8. The summed E-state index contributed by atoms with van der Waals surface area (Å²) >= 11 is 5.90. The molecule has 3 unspecified atom stereocenters. The average molecular weight is 531 g/mol. The van der Waals surface area contributed by atoms with E-state index in [1.54, 1.807) is 31.6 Å². The van der Waals surface area contributed by atoms with Crippen LogP contribution in [-0.2, 0) is 16.0 Å². The fourth-order valence-electron chi connectivity index (χ4n) is 6.06. The van der Waals surface area contributed by atoms with E-state index >= 15 is 0 Å². The molecule has 0 spiro atoms. The molecular weight excluding hydrogens is 495 g/mol. The van der Waals surface area contributed by atoms with Gasteiger partial charge >= 0.3 is 0 Å². The minimum absolute atomic E-state index is 0.0431. The van der Waals surface area contributed by atoms with E-state index in [1.807, 2.05) is 4.90 Å². The van der Waals surface area contributed by atoms with Crippen LogP contribution in [0.4, 0.5) is 10.3 Å². The normalized spacial score (nSPS) is 23.9. The lowest BCUT2D eigenvalue weighted by Crippen LogP contribution is -2.39. The predicted molar refractivity (Wildman–Crippen MR) is 140 cm³/mol. The van der Waals surface area contributed by atoms with Gasteiger partial charge in [-0.25, -0.2) is 14.4 Å². The molecule has 1 aliphatic carbocycles. The molecule has 5 rings (SSSR count). The summed E-state index contributed by atoms with van der Waals surface area (Å²) < 4.78 is 25.8. The van der Waals surface area contributed by atoms with Crippen molar-refractivity contribution >= 4 is 23.5 Å². The van der Waals surface area contributed by atoms with Gasteiger partial charge in [-0.3, -0.25) is 4.79 Å². The third-order valence-corrected chi connectivity index (χ3v) is 8.39. The molecule has 0 radical (unpaired) electrons. The number of rotatable bonds is 10. The molecule has 1 aromatic heterocycles. The van der Waals surface area contributed by atoms with Crippen LogP contribution in [0.25, 0.3) is 0 Å². The number of likely N-dealkylation sites (tertiary alicyclic amines) is 1. The molecule has 2 aliphatic heterocycles. The smallest absolute Gasteiger partial charge is 0.227 e.